The van der Waals surface area contributed by atoms with Crippen molar-refractivity contribution in [3.8, 4) is 28.0 Å². The van der Waals surface area contributed by atoms with Crippen molar-refractivity contribution < 1.29 is 58.1 Å². The topological polar surface area (TPSA) is 27.7 Å². The lowest BCUT2D eigenvalue weighted by Gasteiger charge is -2.30. The fraction of sp³-hybridized carbons (Fsp3) is 0.294. The molecule has 0 bridgehead atoms. The Bertz CT molecular complexity index is 1700. The van der Waals surface area contributed by atoms with Gasteiger partial charge in [0.1, 0.15) is 40.4 Å². The molecule has 250 valence electrons. The number of alkyl halides is 2. The zero-order chi connectivity index (χ0) is 34.0. The van der Waals surface area contributed by atoms with E-state index in [1.54, 1.807) is 0 Å². The molecule has 1 heterocycles. The molecule has 0 unspecified atom stereocenters. The maximum absolute atomic E-state index is 15.1. The van der Waals surface area contributed by atoms with E-state index < -0.39 is 92.5 Å². The smallest absolute Gasteiger partial charge is 0.429 e. The van der Waals surface area contributed by atoms with Gasteiger partial charge in [0.05, 0.1) is 18.8 Å². The van der Waals surface area contributed by atoms with Gasteiger partial charge in [0, 0.05) is 23.1 Å². The molecule has 4 aromatic carbocycles. The van der Waals surface area contributed by atoms with Gasteiger partial charge in [-0.15, -0.1) is 0 Å². The maximum Gasteiger partial charge on any atom is 0.432 e. The molecule has 0 N–H and O–H groups in total. The largest absolute Gasteiger partial charge is 0.432 e. The molecule has 0 saturated carbocycles. The summed E-state index contributed by atoms with van der Waals surface area (Å²) in [5.74, 6) is -13.6. The van der Waals surface area contributed by atoms with Crippen LogP contribution in [0.15, 0.2) is 54.6 Å². The monoisotopic (exact) mass is 672 g/mol. The SMILES string of the molecule is CCCCCC1COC(c2cc(F)c(-c3cc(F)c(C(F)(F)Oc4ccc(-c5cc(F)c(F)c(F)c5)c(F)c4)c(F)c3)c(F)c2)OC1. The predicted octanol–water partition coefficient (Wildman–Crippen LogP) is 10.5. The van der Waals surface area contributed by atoms with Crippen LogP contribution in [0.4, 0.5) is 43.9 Å². The first-order chi connectivity index (χ1) is 22.3. The van der Waals surface area contributed by atoms with Crippen LogP contribution in [0.25, 0.3) is 22.3 Å². The molecule has 1 aliphatic rings. The Morgan fingerprint density at radius 1 is 0.681 bits per heavy atom. The van der Waals surface area contributed by atoms with Gasteiger partial charge >= 0.3 is 6.11 Å². The minimum atomic E-state index is -4.78. The Hall–Kier alpha value is -4.10. The van der Waals surface area contributed by atoms with Crippen molar-refractivity contribution in [2.75, 3.05) is 13.2 Å². The standard InChI is InChI=1S/C34H26F10O3/c1-2-3-4-5-17-15-45-33(46-16-17)20-12-24(36)30(25(37)13-20)19-10-26(38)31(27(39)11-19)34(43,44)47-21-6-7-22(23(35)14-21)18-8-28(40)32(42)29(41)9-18/h6-14,17,33H,2-5,15-16H2,1H3. The molecule has 1 aliphatic heterocycles. The second kappa shape index (κ2) is 13.9. The van der Waals surface area contributed by atoms with Crippen LogP contribution in [0.5, 0.6) is 5.75 Å². The molecular formula is C34H26F10O3. The van der Waals surface area contributed by atoms with Crippen LogP contribution in [-0.4, -0.2) is 13.2 Å². The summed E-state index contributed by atoms with van der Waals surface area (Å²) in [6.45, 7) is 2.68. The van der Waals surface area contributed by atoms with E-state index >= 15 is 8.78 Å². The number of halogens is 10. The van der Waals surface area contributed by atoms with E-state index in [1.165, 1.54) is 0 Å². The molecule has 0 aliphatic carbocycles. The number of rotatable bonds is 10. The summed E-state index contributed by atoms with van der Waals surface area (Å²) in [5.41, 5.74) is -4.60. The van der Waals surface area contributed by atoms with Crippen molar-refractivity contribution in [2.45, 2.75) is 45.0 Å². The predicted molar refractivity (Wildman–Crippen MR) is 150 cm³/mol. The first-order valence-corrected chi connectivity index (χ1v) is 14.5. The number of hydrogen-bond donors (Lipinski definition) is 0. The van der Waals surface area contributed by atoms with Crippen molar-refractivity contribution in [3.05, 3.63) is 112 Å². The summed E-state index contributed by atoms with van der Waals surface area (Å²) >= 11 is 0. The van der Waals surface area contributed by atoms with E-state index in [0.29, 0.717) is 37.5 Å². The van der Waals surface area contributed by atoms with Gasteiger partial charge in [-0.05, 0) is 66.1 Å². The number of benzene rings is 4. The second-order valence-corrected chi connectivity index (χ2v) is 11.0. The third-order valence-corrected chi connectivity index (χ3v) is 7.62. The second-order valence-electron chi connectivity index (χ2n) is 11.0. The Morgan fingerprint density at radius 3 is 1.81 bits per heavy atom. The molecule has 0 radical (unpaired) electrons. The molecule has 0 spiro atoms. The number of ether oxygens (including phenoxy) is 3. The first-order valence-electron chi connectivity index (χ1n) is 14.5. The lowest BCUT2D eigenvalue weighted by molar-refractivity contribution is -0.206. The van der Waals surface area contributed by atoms with E-state index in [2.05, 4.69) is 11.7 Å². The fourth-order valence-electron chi connectivity index (χ4n) is 5.29. The number of hydrogen-bond acceptors (Lipinski definition) is 3. The van der Waals surface area contributed by atoms with Gasteiger partial charge in [0.25, 0.3) is 0 Å². The lowest BCUT2D eigenvalue weighted by Crippen LogP contribution is -2.27. The van der Waals surface area contributed by atoms with Gasteiger partial charge in [-0.25, -0.2) is 35.1 Å². The molecule has 3 nitrogen and oxygen atoms in total. The molecule has 4 aromatic rings. The molecule has 0 amide bonds. The summed E-state index contributed by atoms with van der Waals surface area (Å²) in [7, 11) is 0. The third kappa shape index (κ3) is 7.41. The highest BCUT2D eigenvalue weighted by atomic mass is 19.3. The lowest BCUT2D eigenvalue weighted by atomic mass is 9.99. The molecule has 1 fully saturated rings. The number of unbranched alkanes of at least 4 members (excludes halogenated alkanes) is 2. The minimum Gasteiger partial charge on any atom is -0.429 e. The Kier molecular flexibility index (Phi) is 10.2. The zero-order valence-corrected chi connectivity index (χ0v) is 24.6. The highest BCUT2D eigenvalue weighted by Gasteiger charge is 2.41. The summed E-state index contributed by atoms with van der Waals surface area (Å²) in [6.07, 6.45) is -1.92. The van der Waals surface area contributed by atoms with Gasteiger partial charge < -0.3 is 14.2 Å². The molecule has 5 rings (SSSR count). The summed E-state index contributed by atoms with van der Waals surface area (Å²) in [5, 5.41) is 0. The molecule has 47 heavy (non-hydrogen) atoms. The van der Waals surface area contributed by atoms with Gasteiger partial charge in [-0.1, -0.05) is 26.2 Å². The van der Waals surface area contributed by atoms with Gasteiger partial charge in [0.2, 0.25) is 0 Å². The Morgan fingerprint density at radius 2 is 1.26 bits per heavy atom. The van der Waals surface area contributed by atoms with Crippen LogP contribution >= 0.6 is 0 Å². The molecule has 0 aromatic heterocycles. The van der Waals surface area contributed by atoms with Crippen LogP contribution in [-0.2, 0) is 15.6 Å². The van der Waals surface area contributed by atoms with E-state index in [1.807, 2.05) is 0 Å². The Labute approximate surface area is 262 Å². The van der Waals surface area contributed by atoms with Crippen molar-refractivity contribution in [3.63, 3.8) is 0 Å². The average molecular weight is 673 g/mol. The van der Waals surface area contributed by atoms with E-state index in [0.717, 1.165) is 43.9 Å². The highest BCUT2D eigenvalue weighted by Crippen LogP contribution is 2.40. The summed E-state index contributed by atoms with van der Waals surface area (Å²) in [6, 6.07) is 5.06. The molecule has 0 atom stereocenters. The normalized spacial score (nSPS) is 16.8. The Balaban J connectivity index is 1.34. The van der Waals surface area contributed by atoms with Crippen molar-refractivity contribution in [1.82, 2.24) is 0 Å². The quantitative estimate of drug-likeness (QED) is 0.0954. The van der Waals surface area contributed by atoms with Gasteiger partial charge in [-0.3, -0.25) is 0 Å². The van der Waals surface area contributed by atoms with Gasteiger partial charge in [-0.2, -0.15) is 8.78 Å². The van der Waals surface area contributed by atoms with Crippen LogP contribution in [0.2, 0.25) is 0 Å². The van der Waals surface area contributed by atoms with Crippen LogP contribution in [0.3, 0.4) is 0 Å². The van der Waals surface area contributed by atoms with Crippen molar-refractivity contribution in [1.29, 1.82) is 0 Å². The van der Waals surface area contributed by atoms with Crippen molar-refractivity contribution >= 4 is 0 Å². The first kappa shape index (κ1) is 34.2. The van der Waals surface area contributed by atoms with Crippen LogP contribution < -0.4 is 4.74 Å². The summed E-state index contributed by atoms with van der Waals surface area (Å²) in [4.78, 5) is 0. The molecule has 13 heteroatoms. The van der Waals surface area contributed by atoms with E-state index in [9.17, 15) is 35.1 Å². The minimum absolute atomic E-state index is 0.0267. The zero-order valence-electron chi connectivity index (χ0n) is 24.6. The molecule has 1 saturated heterocycles. The maximum atomic E-state index is 15.1. The van der Waals surface area contributed by atoms with E-state index in [-0.39, 0.29) is 23.6 Å². The highest BCUT2D eigenvalue weighted by molar-refractivity contribution is 5.67. The van der Waals surface area contributed by atoms with Gasteiger partial charge in [0.15, 0.2) is 23.7 Å². The summed E-state index contributed by atoms with van der Waals surface area (Å²) < 4.78 is 161. The van der Waals surface area contributed by atoms with Crippen LogP contribution in [0.1, 0.15) is 50.0 Å². The molecular weight excluding hydrogens is 646 g/mol. The van der Waals surface area contributed by atoms with Crippen molar-refractivity contribution in [2.24, 2.45) is 5.92 Å². The van der Waals surface area contributed by atoms with E-state index in [4.69, 9.17) is 9.47 Å². The average Bonchev–Trinajstić information content (AvgIpc) is 2.99. The van der Waals surface area contributed by atoms with Crippen LogP contribution in [0, 0.1) is 52.5 Å². The third-order valence-electron chi connectivity index (χ3n) is 7.62. The fourth-order valence-corrected chi connectivity index (χ4v) is 5.29.